The maximum absolute atomic E-state index is 14.6. The molecule has 61 heavy (non-hydrogen) atoms. The van der Waals surface area contributed by atoms with E-state index >= 15 is 0 Å². The molecule has 4 aromatic rings. The minimum absolute atomic E-state index is 0.0143. The number of hydrogen-bond acceptors (Lipinski definition) is 10. The van der Waals surface area contributed by atoms with Crippen molar-refractivity contribution >= 4 is 34.6 Å². The fourth-order valence-electron chi connectivity index (χ4n) is 8.67. The van der Waals surface area contributed by atoms with Gasteiger partial charge in [-0.15, -0.1) is 0 Å². The van der Waals surface area contributed by atoms with Crippen molar-refractivity contribution in [1.82, 2.24) is 30.2 Å². The summed E-state index contributed by atoms with van der Waals surface area (Å²) >= 11 is 0. The smallest absolute Gasteiger partial charge is 0.324 e. The van der Waals surface area contributed by atoms with E-state index in [1.165, 1.54) is 9.91 Å². The summed E-state index contributed by atoms with van der Waals surface area (Å²) < 4.78 is 14.0. The van der Waals surface area contributed by atoms with Crippen LogP contribution in [0.3, 0.4) is 0 Å². The molecule has 2 aromatic heterocycles. The van der Waals surface area contributed by atoms with Crippen LogP contribution in [-0.2, 0) is 54.6 Å². The molecule has 14 heteroatoms. The first-order chi connectivity index (χ1) is 29.0. The summed E-state index contributed by atoms with van der Waals surface area (Å²) in [5, 5.41) is 16.7. The van der Waals surface area contributed by atoms with Gasteiger partial charge in [0.1, 0.15) is 17.8 Å². The first kappa shape index (κ1) is 45.2. The highest BCUT2D eigenvalue weighted by Gasteiger charge is 2.37. The number of benzene rings is 2. The zero-order valence-corrected chi connectivity index (χ0v) is 36.9. The average molecular weight is 838 g/mol. The molecular formula is C47H63N7O7. The minimum atomic E-state index is -1.08. The van der Waals surface area contributed by atoms with E-state index in [1.54, 1.807) is 39.4 Å². The molecule has 0 unspecified atom stereocenters. The van der Waals surface area contributed by atoms with Crippen molar-refractivity contribution in [3.05, 3.63) is 71.5 Å². The molecule has 1 saturated heterocycles. The van der Waals surface area contributed by atoms with Crippen molar-refractivity contribution in [3.63, 3.8) is 0 Å². The fourth-order valence-corrected chi connectivity index (χ4v) is 8.67. The highest BCUT2D eigenvalue weighted by molar-refractivity contribution is 5.95. The van der Waals surface area contributed by atoms with E-state index in [4.69, 9.17) is 15.2 Å². The van der Waals surface area contributed by atoms with Crippen LogP contribution in [0.25, 0.3) is 33.3 Å². The van der Waals surface area contributed by atoms with E-state index in [0.717, 1.165) is 44.4 Å². The molecule has 3 amide bonds. The predicted octanol–water partition coefficient (Wildman–Crippen LogP) is 5.22. The van der Waals surface area contributed by atoms with Crippen LogP contribution in [-0.4, -0.2) is 101 Å². The van der Waals surface area contributed by atoms with Gasteiger partial charge in [-0.1, -0.05) is 46.8 Å². The van der Waals surface area contributed by atoms with Gasteiger partial charge in [-0.3, -0.25) is 29.2 Å². The van der Waals surface area contributed by atoms with E-state index in [0.29, 0.717) is 44.5 Å². The Balaban J connectivity index is 1.47. The molecule has 2 aliphatic heterocycles. The maximum atomic E-state index is 14.6. The number of ether oxygens (including phenoxy) is 2. The lowest BCUT2D eigenvalue weighted by Gasteiger charge is -2.36. The van der Waals surface area contributed by atoms with Crippen molar-refractivity contribution in [3.8, 4) is 28.1 Å². The van der Waals surface area contributed by atoms with Crippen molar-refractivity contribution < 1.29 is 33.8 Å². The monoisotopic (exact) mass is 837 g/mol. The molecule has 6 rings (SSSR count). The second-order valence-electron chi connectivity index (χ2n) is 17.9. The number of hydrogen-bond donors (Lipinski definition) is 4. The fraction of sp³-hybridized carbons (Fsp3) is 0.511. The van der Waals surface area contributed by atoms with Gasteiger partial charge in [0.2, 0.25) is 11.8 Å². The second kappa shape index (κ2) is 19.2. The SMILES string of the molecule is CCn1c(-c2cnccc2COC)c2c3cc(ccc31)-c1cc(O)cc(c1)C[C@H](NC(=O)[C@@H](CN(C)C(=O)[C@@H](C)CN)C(C)C)C(=O)N1CCC[C@H](N1)C(=O)OCC(C)(C)C2. The number of methoxy groups -OCH3 is 1. The van der Waals surface area contributed by atoms with Gasteiger partial charge >= 0.3 is 5.97 Å². The van der Waals surface area contributed by atoms with Gasteiger partial charge in [0.15, 0.2) is 0 Å². The molecule has 2 aliphatic rings. The molecule has 4 atom stereocenters. The van der Waals surface area contributed by atoms with Crippen LogP contribution in [0.15, 0.2) is 54.9 Å². The number of amides is 3. The molecule has 5 N–H and O–H groups in total. The summed E-state index contributed by atoms with van der Waals surface area (Å²) in [5.74, 6) is -2.65. The van der Waals surface area contributed by atoms with Gasteiger partial charge in [0, 0.05) is 87.0 Å². The number of nitrogens with two attached hydrogens (primary N) is 1. The van der Waals surface area contributed by atoms with Gasteiger partial charge in [-0.25, -0.2) is 5.43 Å². The third-order valence-electron chi connectivity index (χ3n) is 12.1. The lowest BCUT2D eigenvalue weighted by molar-refractivity contribution is -0.155. The van der Waals surface area contributed by atoms with Crippen LogP contribution < -0.4 is 16.5 Å². The van der Waals surface area contributed by atoms with E-state index in [9.17, 15) is 24.3 Å². The number of rotatable bonds is 11. The highest BCUT2D eigenvalue weighted by Crippen LogP contribution is 2.41. The molecule has 2 aromatic carbocycles. The molecule has 0 spiro atoms. The van der Waals surface area contributed by atoms with Crippen LogP contribution >= 0.6 is 0 Å². The molecule has 4 heterocycles. The molecule has 6 bridgehead atoms. The van der Waals surface area contributed by atoms with Gasteiger partial charge in [0.05, 0.1) is 24.8 Å². The number of carbonyl (C=O) groups excluding carboxylic acids is 4. The molecule has 1 fully saturated rings. The summed E-state index contributed by atoms with van der Waals surface area (Å²) in [6, 6.07) is 11.6. The molecule has 14 nitrogen and oxygen atoms in total. The van der Waals surface area contributed by atoms with Crippen molar-refractivity contribution in [1.29, 1.82) is 0 Å². The summed E-state index contributed by atoms with van der Waals surface area (Å²) in [4.78, 5) is 61.6. The minimum Gasteiger partial charge on any atom is -0.508 e. The standard InChI is InChI=1S/C47H63N7O7/c1-9-53-41-13-12-31-21-35(41)36(42(53)37-24-49-15-14-32(37)26-60-8)22-47(5,6)27-61-46(59)39-11-10-16-54(51-39)45(58)40(19-30-17-33(31)20-34(55)18-30)50-43(56)38(28(2)3)25-52(7)44(57)29(4)23-48/h12-15,17-18,20-21,24,28-29,38-40,51,55H,9-11,16,19,22-23,25-27,48H2,1-8H3,(H,50,56)/t29-,38-,39-,40-/m0/s1. The number of cyclic esters (lactones) is 1. The Morgan fingerprint density at radius 3 is 2.61 bits per heavy atom. The van der Waals surface area contributed by atoms with Crippen LogP contribution in [0.1, 0.15) is 71.1 Å². The molecular weight excluding hydrogens is 775 g/mol. The molecule has 0 radical (unpaired) electrons. The first-order valence-electron chi connectivity index (χ1n) is 21.5. The molecule has 328 valence electrons. The number of phenolic OH excluding ortho intramolecular Hbond substituents is 1. The lowest BCUT2D eigenvalue weighted by Crippen LogP contribution is -2.61. The van der Waals surface area contributed by atoms with Gasteiger partial charge < -0.3 is 35.1 Å². The van der Waals surface area contributed by atoms with E-state index < -0.39 is 41.2 Å². The number of carbonyl (C=O) groups is 4. The first-order valence-corrected chi connectivity index (χ1v) is 21.5. The number of aromatic hydroxyl groups is 1. The Kier molecular flexibility index (Phi) is 14.2. The number of aryl methyl sites for hydroxylation is 1. The number of pyridine rings is 1. The second-order valence-corrected chi connectivity index (χ2v) is 17.9. The van der Waals surface area contributed by atoms with E-state index in [-0.39, 0.29) is 49.6 Å². The average Bonchev–Trinajstić information content (AvgIpc) is 3.54. The van der Waals surface area contributed by atoms with Crippen molar-refractivity contribution in [2.24, 2.45) is 28.9 Å². The molecule has 0 aliphatic carbocycles. The Morgan fingerprint density at radius 1 is 1.13 bits per heavy atom. The summed E-state index contributed by atoms with van der Waals surface area (Å²) in [7, 11) is 3.33. The number of nitrogens with zero attached hydrogens (tertiary/aromatic N) is 4. The number of hydrazine groups is 1. The zero-order chi connectivity index (χ0) is 44.2. The lowest BCUT2D eigenvalue weighted by atomic mass is 9.84. The van der Waals surface area contributed by atoms with Gasteiger partial charge in [-0.2, -0.15) is 0 Å². The van der Waals surface area contributed by atoms with Crippen LogP contribution in [0, 0.1) is 23.2 Å². The summed E-state index contributed by atoms with van der Waals surface area (Å²) in [5.41, 5.74) is 15.7. The zero-order valence-electron chi connectivity index (χ0n) is 36.9. The molecule has 0 saturated carbocycles. The third kappa shape index (κ3) is 10.1. The largest absolute Gasteiger partial charge is 0.508 e. The highest BCUT2D eigenvalue weighted by atomic mass is 16.5. The number of phenols is 1. The van der Waals surface area contributed by atoms with Gasteiger partial charge in [0.25, 0.3) is 5.91 Å². The van der Waals surface area contributed by atoms with Crippen molar-refractivity contribution in [2.75, 3.05) is 40.4 Å². The van der Waals surface area contributed by atoms with Gasteiger partial charge in [-0.05, 0) is 90.3 Å². The van der Waals surface area contributed by atoms with E-state index in [2.05, 4.69) is 53.2 Å². The van der Waals surface area contributed by atoms with Crippen LogP contribution in [0.5, 0.6) is 5.75 Å². The van der Waals surface area contributed by atoms with Crippen molar-refractivity contribution in [2.45, 2.75) is 92.5 Å². The third-order valence-corrected chi connectivity index (χ3v) is 12.1. The Bertz CT molecular complexity index is 2250. The van der Waals surface area contributed by atoms with E-state index in [1.807, 2.05) is 38.2 Å². The summed E-state index contributed by atoms with van der Waals surface area (Å²) in [6.45, 7) is 13.7. The number of aromatic nitrogens is 2. The predicted molar refractivity (Wildman–Crippen MR) is 235 cm³/mol. The Morgan fingerprint density at radius 2 is 1.90 bits per heavy atom. The number of fused-ring (bicyclic) bond motifs is 6. The summed E-state index contributed by atoms with van der Waals surface area (Å²) in [6.07, 6.45) is 5.26. The quantitative estimate of drug-likeness (QED) is 0.146. The van der Waals surface area contributed by atoms with Crippen LogP contribution in [0.2, 0.25) is 0 Å². The topological polar surface area (TPSA) is 181 Å². The number of nitrogens with one attached hydrogen (secondary N) is 2. The number of esters is 1. The Hall–Kier alpha value is -5.31. The Labute approximate surface area is 359 Å². The maximum Gasteiger partial charge on any atom is 0.324 e. The normalized spacial score (nSPS) is 19.3. The van der Waals surface area contributed by atoms with Crippen LogP contribution in [0.4, 0.5) is 0 Å².